The smallest absolute Gasteiger partial charge is 0.303 e. The van der Waals surface area contributed by atoms with Gasteiger partial charge in [-0.1, -0.05) is 27.7 Å². The minimum atomic E-state index is -0.780. The quantitative estimate of drug-likeness (QED) is 0.420. The van der Waals surface area contributed by atoms with E-state index in [1.54, 1.807) is 0 Å². The zero-order valence-corrected chi connectivity index (χ0v) is 20.4. The van der Waals surface area contributed by atoms with Crippen LogP contribution in [0.5, 0.6) is 0 Å². The van der Waals surface area contributed by atoms with Crippen molar-refractivity contribution in [3.63, 3.8) is 0 Å². The highest BCUT2D eigenvalue weighted by Crippen LogP contribution is 2.37. The van der Waals surface area contributed by atoms with Crippen molar-refractivity contribution < 1.29 is 42.8 Å². The molecule has 0 bridgehead atoms. The zero-order chi connectivity index (χ0) is 24.2. The first-order chi connectivity index (χ1) is 15.0. The highest BCUT2D eigenvalue weighted by molar-refractivity contribution is 5.67. The molecule has 2 fully saturated rings. The summed E-state index contributed by atoms with van der Waals surface area (Å²) >= 11 is 0. The molecule has 2 aliphatic heterocycles. The Bertz CT molecular complexity index is 666. The fraction of sp³-hybridized carbons (Fsp3) is 0.870. The van der Waals surface area contributed by atoms with Gasteiger partial charge < -0.3 is 28.4 Å². The van der Waals surface area contributed by atoms with Gasteiger partial charge in [-0.2, -0.15) is 0 Å². The molecule has 2 aliphatic rings. The maximum atomic E-state index is 11.8. The predicted octanol–water partition coefficient (Wildman–Crippen LogP) is 2.77. The lowest BCUT2D eigenvalue weighted by atomic mass is 9.86. The van der Waals surface area contributed by atoms with Crippen LogP contribution in [0.1, 0.15) is 68.2 Å². The van der Waals surface area contributed by atoms with Crippen LogP contribution in [-0.2, 0) is 42.8 Å². The molecule has 10 atom stereocenters. The predicted molar refractivity (Wildman–Crippen MR) is 113 cm³/mol. The van der Waals surface area contributed by atoms with Gasteiger partial charge in [-0.25, -0.2) is 0 Å². The number of hydrogen-bond donors (Lipinski definition) is 0. The van der Waals surface area contributed by atoms with E-state index in [-0.39, 0.29) is 18.1 Å². The molecule has 2 rings (SSSR count). The van der Waals surface area contributed by atoms with Gasteiger partial charge in [-0.3, -0.25) is 14.4 Å². The van der Waals surface area contributed by atoms with Gasteiger partial charge in [0.1, 0.15) is 24.4 Å². The summed E-state index contributed by atoms with van der Waals surface area (Å²) in [7, 11) is 0. The number of carbonyl (C=O) groups is 3. The van der Waals surface area contributed by atoms with Crippen LogP contribution < -0.4 is 0 Å². The molecule has 4 unspecified atom stereocenters. The van der Waals surface area contributed by atoms with Crippen molar-refractivity contribution in [2.45, 2.75) is 117 Å². The highest BCUT2D eigenvalue weighted by atomic mass is 16.7. The SMILES string of the molecule is CCC1O[C@@H](C)C(C)[C@@H](OC(C)=O)[C@@H]1O[C@@H]1OC(CC)[C@H](OC(C)=O)[C@H](OC(C)=O)C1C. The molecule has 0 N–H and O–H groups in total. The molecule has 32 heavy (non-hydrogen) atoms. The molecule has 0 aliphatic carbocycles. The molecule has 2 heterocycles. The standard InChI is InChI=1S/C23H38O9/c1-9-17-22(19(28-14(6)24)11(3)13(5)27-17)32-23-12(4)20(29-15(7)25)21(30-16(8)26)18(10-2)31-23/h11-13,17-23H,9-10H2,1-8H3/t11?,12?,13-,17?,18?,19+,20+,21-,22+,23-/m0/s1. The summed E-state index contributed by atoms with van der Waals surface area (Å²) in [6, 6.07) is 0. The van der Waals surface area contributed by atoms with Gasteiger partial charge in [-0.15, -0.1) is 0 Å². The Morgan fingerprint density at radius 2 is 1.09 bits per heavy atom. The van der Waals surface area contributed by atoms with Crippen molar-refractivity contribution in [1.29, 1.82) is 0 Å². The first-order valence-corrected chi connectivity index (χ1v) is 11.5. The van der Waals surface area contributed by atoms with Crippen molar-refractivity contribution in [2.75, 3.05) is 0 Å². The van der Waals surface area contributed by atoms with Crippen molar-refractivity contribution in [3.8, 4) is 0 Å². The number of hydrogen-bond acceptors (Lipinski definition) is 9. The monoisotopic (exact) mass is 458 g/mol. The maximum Gasteiger partial charge on any atom is 0.303 e. The van der Waals surface area contributed by atoms with E-state index in [0.29, 0.717) is 12.8 Å². The summed E-state index contributed by atoms with van der Waals surface area (Å²) in [5.41, 5.74) is 0. The number of rotatable bonds is 7. The van der Waals surface area contributed by atoms with Crippen molar-refractivity contribution >= 4 is 17.9 Å². The van der Waals surface area contributed by atoms with E-state index in [9.17, 15) is 14.4 Å². The van der Waals surface area contributed by atoms with Gasteiger partial charge in [0.05, 0.1) is 12.2 Å². The second-order valence-electron chi connectivity index (χ2n) is 8.78. The van der Waals surface area contributed by atoms with Crippen LogP contribution in [0, 0.1) is 11.8 Å². The minimum Gasteiger partial charge on any atom is -0.459 e. The Morgan fingerprint density at radius 1 is 0.656 bits per heavy atom. The first kappa shape index (κ1) is 26.5. The molecule has 0 aromatic heterocycles. The first-order valence-electron chi connectivity index (χ1n) is 11.5. The molecule has 2 saturated heterocycles. The van der Waals surface area contributed by atoms with E-state index in [0.717, 1.165) is 0 Å². The number of esters is 3. The Hall–Kier alpha value is -1.71. The molecule has 0 aromatic carbocycles. The fourth-order valence-electron chi connectivity index (χ4n) is 4.49. The normalized spacial score (nSPS) is 39.8. The average Bonchev–Trinajstić information content (AvgIpc) is 2.70. The van der Waals surface area contributed by atoms with Gasteiger partial charge in [0.2, 0.25) is 0 Å². The second-order valence-corrected chi connectivity index (χ2v) is 8.78. The Kier molecular flexibility index (Phi) is 9.48. The van der Waals surface area contributed by atoms with Gasteiger partial charge in [0.25, 0.3) is 0 Å². The third kappa shape index (κ3) is 6.20. The lowest BCUT2D eigenvalue weighted by molar-refractivity contribution is -0.324. The third-order valence-electron chi connectivity index (χ3n) is 6.29. The summed E-state index contributed by atoms with van der Waals surface area (Å²) in [5, 5.41) is 0. The van der Waals surface area contributed by atoms with Crippen LogP contribution in [-0.4, -0.2) is 66.9 Å². The van der Waals surface area contributed by atoms with Crippen LogP contribution >= 0.6 is 0 Å². The summed E-state index contributed by atoms with van der Waals surface area (Å²) in [4.78, 5) is 35.3. The molecular weight excluding hydrogens is 420 g/mol. The summed E-state index contributed by atoms with van der Waals surface area (Å²) < 4.78 is 35.5. The molecule has 0 saturated carbocycles. The summed E-state index contributed by atoms with van der Waals surface area (Å²) in [5.74, 6) is -1.90. The van der Waals surface area contributed by atoms with E-state index in [2.05, 4.69) is 0 Å². The van der Waals surface area contributed by atoms with Crippen molar-refractivity contribution in [2.24, 2.45) is 11.8 Å². The Balaban J connectivity index is 2.33. The number of ether oxygens (including phenoxy) is 6. The average molecular weight is 459 g/mol. The van der Waals surface area contributed by atoms with E-state index in [1.807, 2.05) is 34.6 Å². The van der Waals surface area contributed by atoms with Gasteiger partial charge in [0.15, 0.2) is 12.4 Å². The van der Waals surface area contributed by atoms with Gasteiger partial charge in [0, 0.05) is 32.6 Å². The second kappa shape index (κ2) is 11.4. The molecule has 0 spiro atoms. The highest BCUT2D eigenvalue weighted by Gasteiger charge is 2.51. The van der Waals surface area contributed by atoms with Crippen LogP contribution in [0.25, 0.3) is 0 Å². The van der Waals surface area contributed by atoms with Crippen LogP contribution in [0.2, 0.25) is 0 Å². The van der Waals surface area contributed by atoms with Crippen molar-refractivity contribution in [1.82, 2.24) is 0 Å². The largest absolute Gasteiger partial charge is 0.459 e. The molecule has 0 amide bonds. The molecule has 0 radical (unpaired) electrons. The minimum absolute atomic E-state index is 0.0920. The van der Waals surface area contributed by atoms with Crippen LogP contribution in [0.4, 0.5) is 0 Å². The molecule has 184 valence electrons. The number of carbonyl (C=O) groups excluding carboxylic acids is 3. The molecule has 9 heteroatoms. The summed E-state index contributed by atoms with van der Waals surface area (Å²) in [6.45, 7) is 13.6. The lowest BCUT2D eigenvalue weighted by Crippen LogP contribution is -2.61. The Labute approximate surface area is 190 Å². The molecular formula is C23H38O9. The van der Waals surface area contributed by atoms with Crippen molar-refractivity contribution in [3.05, 3.63) is 0 Å². The Morgan fingerprint density at radius 3 is 1.56 bits per heavy atom. The zero-order valence-electron chi connectivity index (χ0n) is 20.4. The van der Waals surface area contributed by atoms with Gasteiger partial charge >= 0.3 is 17.9 Å². The van der Waals surface area contributed by atoms with Crippen LogP contribution in [0.3, 0.4) is 0 Å². The van der Waals surface area contributed by atoms with E-state index in [1.165, 1.54) is 20.8 Å². The fourth-order valence-corrected chi connectivity index (χ4v) is 4.49. The molecule has 9 nitrogen and oxygen atoms in total. The lowest BCUT2D eigenvalue weighted by Gasteiger charge is -2.48. The van der Waals surface area contributed by atoms with E-state index < -0.39 is 60.6 Å². The molecule has 0 aromatic rings. The van der Waals surface area contributed by atoms with Crippen LogP contribution in [0.15, 0.2) is 0 Å². The maximum absolute atomic E-state index is 11.8. The van der Waals surface area contributed by atoms with E-state index in [4.69, 9.17) is 28.4 Å². The third-order valence-corrected chi connectivity index (χ3v) is 6.29. The topological polar surface area (TPSA) is 107 Å². The van der Waals surface area contributed by atoms with E-state index >= 15 is 0 Å². The van der Waals surface area contributed by atoms with Gasteiger partial charge in [-0.05, 0) is 19.8 Å². The summed E-state index contributed by atoms with van der Waals surface area (Å²) in [6.07, 6.45) is -3.13.